The first-order valence-corrected chi connectivity index (χ1v) is 5.40. The molecule has 1 aromatic rings. The van der Waals surface area contributed by atoms with Crippen molar-refractivity contribution in [3.8, 4) is 0 Å². The van der Waals surface area contributed by atoms with Crippen molar-refractivity contribution in [1.29, 1.82) is 0 Å². The third-order valence-electron chi connectivity index (χ3n) is 2.85. The topological polar surface area (TPSA) is 66.6 Å². The first kappa shape index (κ1) is 12.0. The van der Waals surface area contributed by atoms with Gasteiger partial charge in [-0.3, -0.25) is 9.69 Å². The van der Waals surface area contributed by atoms with Gasteiger partial charge < -0.3 is 10.8 Å². The molecule has 0 bridgehead atoms. The van der Waals surface area contributed by atoms with E-state index >= 15 is 0 Å². The minimum Gasteiger partial charge on any atom is -0.388 e. The lowest BCUT2D eigenvalue weighted by Gasteiger charge is -2.44. The highest BCUT2D eigenvalue weighted by Crippen LogP contribution is 2.23. The van der Waals surface area contributed by atoms with Gasteiger partial charge in [-0.15, -0.1) is 0 Å². The van der Waals surface area contributed by atoms with Gasteiger partial charge in [0.25, 0.3) is 0 Å². The third kappa shape index (κ3) is 2.62. The number of benzene rings is 1. The zero-order valence-electron chi connectivity index (χ0n) is 9.61. The quantitative estimate of drug-likeness (QED) is 0.805. The Morgan fingerprint density at radius 1 is 1.59 bits per heavy atom. The smallest absolute Gasteiger partial charge is 0.248 e. The molecule has 1 aromatic carbocycles. The highest BCUT2D eigenvalue weighted by molar-refractivity contribution is 5.92. The van der Waals surface area contributed by atoms with Crippen LogP contribution < -0.4 is 5.73 Å². The summed E-state index contributed by atoms with van der Waals surface area (Å²) in [5.41, 5.74) is 5.18. The maximum absolute atomic E-state index is 13.5. The van der Waals surface area contributed by atoms with Gasteiger partial charge in [-0.25, -0.2) is 4.39 Å². The van der Waals surface area contributed by atoms with Crippen LogP contribution in [-0.4, -0.2) is 34.6 Å². The molecule has 1 saturated heterocycles. The van der Waals surface area contributed by atoms with E-state index in [1.54, 1.807) is 6.92 Å². The van der Waals surface area contributed by atoms with Crippen molar-refractivity contribution < 1.29 is 14.3 Å². The van der Waals surface area contributed by atoms with Gasteiger partial charge >= 0.3 is 0 Å². The van der Waals surface area contributed by atoms with Crippen LogP contribution in [0.5, 0.6) is 0 Å². The average Bonchev–Trinajstić information content (AvgIpc) is 2.18. The minimum atomic E-state index is -0.683. The molecule has 0 atom stereocenters. The van der Waals surface area contributed by atoms with E-state index in [0.717, 1.165) is 0 Å². The number of carbonyl (C=O) groups excluding carboxylic acids is 1. The van der Waals surface area contributed by atoms with Crippen molar-refractivity contribution in [2.45, 2.75) is 19.1 Å². The Labute approximate surface area is 98.8 Å². The number of rotatable bonds is 3. The van der Waals surface area contributed by atoms with Gasteiger partial charge in [-0.1, -0.05) is 0 Å². The SMILES string of the molecule is CC1(O)CN(Cc2cc(C(N)=O)ccc2F)C1. The van der Waals surface area contributed by atoms with E-state index in [1.165, 1.54) is 18.2 Å². The maximum Gasteiger partial charge on any atom is 0.248 e. The number of primary amides is 1. The molecule has 0 aromatic heterocycles. The first-order chi connectivity index (χ1) is 7.87. The fourth-order valence-corrected chi connectivity index (χ4v) is 2.12. The zero-order valence-corrected chi connectivity index (χ0v) is 9.61. The van der Waals surface area contributed by atoms with Crippen LogP contribution in [0, 0.1) is 5.82 Å². The van der Waals surface area contributed by atoms with Crippen LogP contribution in [0.3, 0.4) is 0 Å². The van der Waals surface area contributed by atoms with Crippen LogP contribution in [0.15, 0.2) is 18.2 Å². The summed E-state index contributed by atoms with van der Waals surface area (Å²) in [7, 11) is 0. The second kappa shape index (κ2) is 4.09. The number of hydrogen-bond acceptors (Lipinski definition) is 3. The minimum absolute atomic E-state index is 0.300. The van der Waals surface area contributed by atoms with Crippen LogP contribution in [0.2, 0.25) is 0 Å². The molecule has 0 aliphatic carbocycles. The second-order valence-corrected chi connectivity index (χ2v) is 4.81. The predicted octanol–water partition coefficient (Wildman–Crippen LogP) is 0.491. The number of hydrogen-bond donors (Lipinski definition) is 2. The molecule has 0 saturated carbocycles. The van der Waals surface area contributed by atoms with Gasteiger partial charge in [-0.05, 0) is 25.1 Å². The van der Waals surface area contributed by atoms with Gasteiger partial charge in [0.15, 0.2) is 0 Å². The van der Waals surface area contributed by atoms with Crippen molar-refractivity contribution in [3.63, 3.8) is 0 Å². The molecule has 1 heterocycles. The lowest BCUT2D eigenvalue weighted by Crippen LogP contribution is -2.59. The van der Waals surface area contributed by atoms with Crippen molar-refractivity contribution in [1.82, 2.24) is 4.90 Å². The molecule has 4 nitrogen and oxygen atoms in total. The van der Waals surface area contributed by atoms with Crippen LogP contribution in [0.1, 0.15) is 22.8 Å². The lowest BCUT2D eigenvalue weighted by atomic mass is 9.96. The molecule has 0 spiro atoms. The normalized spacial score (nSPS) is 18.8. The molecule has 17 heavy (non-hydrogen) atoms. The van der Waals surface area contributed by atoms with E-state index in [4.69, 9.17) is 5.73 Å². The Balaban J connectivity index is 2.10. The third-order valence-corrected chi connectivity index (χ3v) is 2.85. The standard InChI is InChI=1S/C12H15FN2O2/c1-12(17)6-15(7-12)5-9-4-8(11(14)16)2-3-10(9)13/h2-4,17H,5-7H2,1H3,(H2,14,16). The Kier molecular flexibility index (Phi) is 2.89. The molecule has 1 aliphatic rings. The summed E-state index contributed by atoms with van der Waals surface area (Å²) in [6.07, 6.45) is 0. The van der Waals surface area contributed by atoms with Crippen molar-refractivity contribution in [3.05, 3.63) is 35.1 Å². The Morgan fingerprint density at radius 3 is 2.76 bits per heavy atom. The largest absolute Gasteiger partial charge is 0.388 e. The molecule has 1 aliphatic heterocycles. The number of β-amino-alcohol motifs (C(OH)–C–C–N with tert-alkyl or cyclic N) is 1. The van der Waals surface area contributed by atoms with E-state index in [2.05, 4.69) is 0 Å². The lowest BCUT2D eigenvalue weighted by molar-refractivity contribution is -0.0874. The molecule has 3 N–H and O–H groups in total. The number of halogens is 1. The number of amides is 1. The molecule has 1 amide bonds. The maximum atomic E-state index is 13.5. The number of carbonyl (C=O) groups is 1. The Hall–Kier alpha value is -1.46. The van der Waals surface area contributed by atoms with E-state index < -0.39 is 11.5 Å². The van der Waals surface area contributed by atoms with Crippen molar-refractivity contribution >= 4 is 5.91 Å². The van der Waals surface area contributed by atoms with Gasteiger partial charge in [0.1, 0.15) is 5.82 Å². The van der Waals surface area contributed by atoms with Crippen LogP contribution in [0.25, 0.3) is 0 Å². The fourth-order valence-electron chi connectivity index (χ4n) is 2.12. The van der Waals surface area contributed by atoms with Crippen LogP contribution >= 0.6 is 0 Å². The zero-order chi connectivity index (χ0) is 12.6. The van der Waals surface area contributed by atoms with Crippen molar-refractivity contribution in [2.75, 3.05) is 13.1 Å². The summed E-state index contributed by atoms with van der Waals surface area (Å²) in [6.45, 7) is 3.13. The number of nitrogens with two attached hydrogens (primary N) is 1. The number of likely N-dealkylation sites (tertiary alicyclic amines) is 1. The summed E-state index contributed by atoms with van der Waals surface area (Å²) in [5.74, 6) is -0.927. The van der Waals surface area contributed by atoms with Crippen LogP contribution in [0.4, 0.5) is 4.39 Å². The number of aliphatic hydroxyl groups is 1. The molecular weight excluding hydrogens is 223 g/mol. The molecule has 92 valence electrons. The summed E-state index contributed by atoms with van der Waals surface area (Å²) >= 11 is 0. The number of nitrogens with zero attached hydrogens (tertiary/aromatic N) is 1. The highest BCUT2D eigenvalue weighted by atomic mass is 19.1. The van der Waals surface area contributed by atoms with Gasteiger partial charge in [-0.2, -0.15) is 0 Å². The highest BCUT2D eigenvalue weighted by Gasteiger charge is 2.36. The van der Waals surface area contributed by atoms with E-state index in [-0.39, 0.29) is 5.82 Å². The summed E-state index contributed by atoms with van der Waals surface area (Å²) in [4.78, 5) is 12.9. The molecule has 2 rings (SSSR count). The molecular formula is C12H15FN2O2. The predicted molar refractivity (Wildman–Crippen MR) is 60.8 cm³/mol. The van der Waals surface area contributed by atoms with Crippen molar-refractivity contribution in [2.24, 2.45) is 5.73 Å². The molecule has 5 heteroatoms. The molecule has 0 radical (unpaired) electrons. The summed E-state index contributed by atoms with van der Waals surface area (Å²) < 4.78 is 13.5. The van der Waals surface area contributed by atoms with E-state index in [9.17, 15) is 14.3 Å². The van der Waals surface area contributed by atoms with E-state index in [1.807, 2.05) is 4.90 Å². The molecule has 1 fully saturated rings. The fraction of sp³-hybridized carbons (Fsp3) is 0.417. The van der Waals surface area contributed by atoms with Gasteiger partial charge in [0, 0.05) is 30.8 Å². The van der Waals surface area contributed by atoms with Gasteiger partial charge in [0.05, 0.1) is 5.60 Å². The second-order valence-electron chi connectivity index (χ2n) is 4.81. The first-order valence-electron chi connectivity index (χ1n) is 5.40. The summed E-state index contributed by atoms with van der Waals surface area (Å²) in [5, 5.41) is 9.56. The molecule has 0 unspecified atom stereocenters. The Morgan fingerprint density at radius 2 is 2.24 bits per heavy atom. The monoisotopic (exact) mass is 238 g/mol. The average molecular weight is 238 g/mol. The van der Waals surface area contributed by atoms with E-state index in [0.29, 0.717) is 30.8 Å². The summed E-state index contributed by atoms with van der Waals surface area (Å²) in [6, 6.07) is 4.07. The Bertz CT molecular complexity index is 452. The van der Waals surface area contributed by atoms with Crippen LogP contribution in [-0.2, 0) is 6.54 Å². The van der Waals surface area contributed by atoms with Gasteiger partial charge in [0.2, 0.25) is 5.91 Å².